The molecule has 0 saturated carbocycles. The Kier molecular flexibility index (Phi) is 3.16. The van der Waals surface area contributed by atoms with Crippen molar-refractivity contribution in [2.24, 2.45) is 0 Å². The number of aromatic nitrogens is 6. The highest BCUT2D eigenvalue weighted by Gasteiger charge is 2.11. The topological polar surface area (TPSA) is 61.4 Å². The third kappa shape index (κ3) is 2.31. The zero-order valence-corrected chi connectivity index (χ0v) is 11.2. The van der Waals surface area contributed by atoms with Crippen molar-refractivity contribution < 1.29 is 0 Å². The molecule has 3 heterocycles. The minimum Gasteiger partial charge on any atom is -0.310 e. The molecule has 0 amide bonds. The molecule has 6 nitrogen and oxygen atoms in total. The highest BCUT2D eigenvalue weighted by Crippen LogP contribution is 2.16. The van der Waals surface area contributed by atoms with Crippen molar-refractivity contribution in [2.45, 2.75) is 25.9 Å². The molecule has 98 valence electrons. The van der Waals surface area contributed by atoms with Gasteiger partial charge in [0.2, 0.25) is 0 Å². The molecule has 0 aromatic carbocycles. The van der Waals surface area contributed by atoms with E-state index in [1.165, 1.54) is 0 Å². The third-order valence-electron chi connectivity index (χ3n) is 2.94. The van der Waals surface area contributed by atoms with Crippen molar-refractivity contribution >= 4 is 22.8 Å². The lowest BCUT2D eigenvalue weighted by atomic mass is 10.3. The number of pyridine rings is 1. The van der Waals surface area contributed by atoms with Crippen LogP contribution in [0.5, 0.6) is 0 Å². The van der Waals surface area contributed by atoms with E-state index in [1.807, 2.05) is 30.0 Å². The Hall–Kier alpha value is -1.95. The normalized spacial score (nSPS) is 11.3. The van der Waals surface area contributed by atoms with E-state index in [0.717, 1.165) is 29.1 Å². The minimum absolute atomic E-state index is 0.368. The van der Waals surface area contributed by atoms with Gasteiger partial charge in [-0.1, -0.05) is 5.21 Å². The molecule has 0 atom stereocenters. The van der Waals surface area contributed by atoms with Gasteiger partial charge in [0.25, 0.3) is 0 Å². The number of aryl methyl sites for hydroxylation is 3. The molecule has 0 aliphatic heterocycles. The van der Waals surface area contributed by atoms with E-state index in [0.29, 0.717) is 12.4 Å². The molecular weight excluding hydrogens is 264 g/mol. The lowest BCUT2D eigenvalue weighted by molar-refractivity contribution is 0.517. The number of halogens is 1. The fourth-order valence-corrected chi connectivity index (χ4v) is 2.25. The molecule has 0 aliphatic rings. The number of imidazole rings is 1. The van der Waals surface area contributed by atoms with Crippen LogP contribution in [-0.4, -0.2) is 29.5 Å². The van der Waals surface area contributed by atoms with E-state index < -0.39 is 0 Å². The van der Waals surface area contributed by atoms with Crippen molar-refractivity contribution in [3.05, 3.63) is 36.0 Å². The molecule has 0 aliphatic carbocycles. The average molecular weight is 277 g/mol. The second kappa shape index (κ2) is 4.97. The molecular formula is C12H13ClN6. The predicted octanol–water partition coefficient (Wildman–Crippen LogP) is 1.77. The predicted molar refractivity (Wildman–Crippen MR) is 71.8 cm³/mol. The van der Waals surface area contributed by atoms with Gasteiger partial charge in [-0.25, -0.2) is 9.97 Å². The van der Waals surface area contributed by atoms with Crippen LogP contribution in [0.3, 0.4) is 0 Å². The highest BCUT2D eigenvalue weighted by atomic mass is 35.5. The van der Waals surface area contributed by atoms with E-state index in [-0.39, 0.29) is 0 Å². The lowest BCUT2D eigenvalue weighted by Gasteiger charge is -2.06. The monoisotopic (exact) mass is 276 g/mol. The molecule has 3 aromatic heterocycles. The highest BCUT2D eigenvalue weighted by molar-refractivity contribution is 6.16. The molecule has 0 bridgehead atoms. The molecule has 0 spiro atoms. The van der Waals surface area contributed by atoms with Gasteiger partial charge < -0.3 is 4.57 Å². The van der Waals surface area contributed by atoms with Gasteiger partial charge in [0.15, 0.2) is 5.65 Å². The summed E-state index contributed by atoms with van der Waals surface area (Å²) < 4.78 is 3.81. The van der Waals surface area contributed by atoms with Crippen LogP contribution in [0.4, 0.5) is 0 Å². The quantitative estimate of drug-likeness (QED) is 0.682. The first kappa shape index (κ1) is 12.1. The van der Waals surface area contributed by atoms with Crippen molar-refractivity contribution in [3.63, 3.8) is 0 Å². The van der Waals surface area contributed by atoms with E-state index in [9.17, 15) is 0 Å². The summed E-state index contributed by atoms with van der Waals surface area (Å²) in [5, 5.41) is 7.73. The number of alkyl halides is 1. The third-order valence-corrected chi connectivity index (χ3v) is 3.18. The van der Waals surface area contributed by atoms with Crippen LogP contribution in [0.2, 0.25) is 0 Å². The molecule has 0 saturated heterocycles. The van der Waals surface area contributed by atoms with Gasteiger partial charge in [0.1, 0.15) is 11.3 Å². The first-order valence-corrected chi connectivity index (χ1v) is 6.53. The molecule has 19 heavy (non-hydrogen) atoms. The van der Waals surface area contributed by atoms with Crippen LogP contribution in [0.15, 0.2) is 24.7 Å². The molecule has 3 rings (SSSR count). The van der Waals surface area contributed by atoms with Gasteiger partial charge in [0, 0.05) is 18.9 Å². The summed E-state index contributed by atoms with van der Waals surface area (Å²) in [6, 6.07) is 2.02. The van der Waals surface area contributed by atoms with Gasteiger partial charge in [0.05, 0.1) is 18.6 Å². The molecule has 0 fully saturated rings. The summed E-state index contributed by atoms with van der Waals surface area (Å²) in [7, 11) is 0. The van der Waals surface area contributed by atoms with E-state index in [2.05, 4.69) is 20.3 Å². The Labute approximate surface area is 115 Å². The van der Waals surface area contributed by atoms with Crippen LogP contribution >= 0.6 is 11.6 Å². The molecule has 0 radical (unpaired) electrons. The Bertz CT molecular complexity index is 688. The van der Waals surface area contributed by atoms with Crippen molar-refractivity contribution in [2.75, 3.05) is 0 Å². The van der Waals surface area contributed by atoms with Gasteiger partial charge in [-0.15, -0.1) is 16.7 Å². The Morgan fingerprint density at radius 3 is 2.95 bits per heavy atom. The van der Waals surface area contributed by atoms with Crippen LogP contribution in [0.25, 0.3) is 11.2 Å². The first-order valence-electron chi connectivity index (χ1n) is 6.00. The molecule has 7 heteroatoms. The first-order chi connectivity index (χ1) is 9.28. The van der Waals surface area contributed by atoms with Crippen LogP contribution in [-0.2, 0) is 19.0 Å². The maximum absolute atomic E-state index is 5.96. The van der Waals surface area contributed by atoms with Gasteiger partial charge in [-0.2, -0.15) is 0 Å². The zero-order chi connectivity index (χ0) is 13.2. The molecule has 3 aromatic rings. The molecule has 0 N–H and O–H groups in total. The van der Waals surface area contributed by atoms with Crippen molar-refractivity contribution in [3.8, 4) is 0 Å². The minimum atomic E-state index is 0.368. The Morgan fingerprint density at radius 2 is 2.21 bits per heavy atom. The van der Waals surface area contributed by atoms with E-state index in [4.69, 9.17) is 11.6 Å². The summed E-state index contributed by atoms with van der Waals surface area (Å²) in [6.45, 7) is 3.43. The number of hydrogen-bond donors (Lipinski definition) is 0. The number of rotatable bonds is 4. The number of nitrogens with zero attached hydrogens (tertiary/aromatic N) is 6. The maximum Gasteiger partial charge on any atom is 0.160 e. The standard InChI is InChI=1S/C12H13ClN6/c1-9-6-10-12(14-8-9)19(11(7-13)16-10)5-4-18-3-2-15-17-18/h2-3,6,8H,4-5,7H2,1H3. The Morgan fingerprint density at radius 1 is 1.32 bits per heavy atom. The van der Waals surface area contributed by atoms with Gasteiger partial charge in [-0.3, -0.25) is 4.68 Å². The number of fused-ring (bicyclic) bond motifs is 1. The maximum atomic E-state index is 5.96. The second-order valence-corrected chi connectivity index (χ2v) is 4.60. The largest absolute Gasteiger partial charge is 0.310 e. The van der Waals surface area contributed by atoms with E-state index in [1.54, 1.807) is 10.9 Å². The van der Waals surface area contributed by atoms with Crippen molar-refractivity contribution in [1.82, 2.24) is 29.5 Å². The van der Waals surface area contributed by atoms with Crippen LogP contribution < -0.4 is 0 Å². The summed E-state index contributed by atoms with van der Waals surface area (Å²) in [5.41, 5.74) is 2.84. The fraction of sp³-hybridized carbons (Fsp3) is 0.333. The van der Waals surface area contributed by atoms with Gasteiger partial charge in [-0.05, 0) is 18.6 Å². The SMILES string of the molecule is Cc1cnc2c(c1)nc(CCl)n2CCn1ccnn1. The smallest absolute Gasteiger partial charge is 0.160 e. The summed E-state index contributed by atoms with van der Waals surface area (Å²) >= 11 is 5.96. The number of hydrogen-bond acceptors (Lipinski definition) is 4. The summed E-state index contributed by atoms with van der Waals surface area (Å²) in [4.78, 5) is 8.96. The zero-order valence-electron chi connectivity index (χ0n) is 10.5. The lowest BCUT2D eigenvalue weighted by Crippen LogP contribution is -2.10. The van der Waals surface area contributed by atoms with E-state index >= 15 is 0 Å². The van der Waals surface area contributed by atoms with Gasteiger partial charge >= 0.3 is 0 Å². The van der Waals surface area contributed by atoms with Crippen LogP contribution in [0, 0.1) is 6.92 Å². The van der Waals surface area contributed by atoms with Crippen LogP contribution in [0.1, 0.15) is 11.4 Å². The summed E-state index contributed by atoms with van der Waals surface area (Å²) in [5.74, 6) is 1.20. The average Bonchev–Trinajstić information content (AvgIpc) is 3.02. The Balaban J connectivity index is 1.96. The second-order valence-electron chi connectivity index (χ2n) is 4.33. The fourth-order valence-electron chi connectivity index (χ4n) is 2.05. The summed E-state index contributed by atoms with van der Waals surface area (Å²) in [6.07, 6.45) is 5.33. The van der Waals surface area contributed by atoms with Crippen molar-refractivity contribution in [1.29, 1.82) is 0 Å². The molecule has 0 unspecified atom stereocenters.